The Morgan fingerprint density at radius 1 is 0.875 bits per heavy atom. The molecule has 11 heteroatoms. The van der Waals surface area contributed by atoms with E-state index in [1.54, 1.807) is 36.4 Å². The smallest absolute Gasteiger partial charge is 0.290 e. The number of methoxy groups -OCH3 is 3. The number of aromatic amines is 2. The molecule has 0 aliphatic heterocycles. The summed E-state index contributed by atoms with van der Waals surface area (Å²) in [5.41, 5.74) is 4.81. The van der Waals surface area contributed by atoms with Crippen LogP contribution in [0.15, 0.2) is 41.2 Å². The molecular weight excluding hydrogens is 418 g/mol. The Kier molecular flexibility index (Phi) is 5.37. The molecule has 4 rings (SSSR count). The van der Waals surface area contributed by atoms with Crippen molar-refractivity contribution >= 4 is 33.5 Å². The third-order valence-corrected chi connectivity index (χ3v) is 4.89. The van der Waals surface area contributed by atoms with Crippen molar-refractivity contribution in [1.29, 1.82) is 0 Å². The molecule has 2 amide bonds. The van der Waals surface area contributed by atoms with Gasteiger partial charge < -0.3 is 19.2 Å². The third-order valence-electron chi connectivity index (χ3n) is 4.89. The zero-order chi connectivity index (χ0) is 22.8. The maximum absolute atomic E-state index is 12.7. The van der Waals surface area contributed by atoms with Gasteiger partial charge in [-0.3, -0.25) is 25.2 Å². The number of H-pyrrole nitrogens is 2. The highest BCUT2D eigenvalue weighted by Gasteiger charge is 2.20. The zero-order valence-corrected chi connectivity index (χ0v) is 17.4. The minimum Gasteiger partial charge on any atom is -0.496 e. The molecule has 0 atom stereocenters. The fraction of sp³-hybridized carbons (Fsp3) is 0.143. The molecule has 2 aromatic heterocycles. The van der Waals surface area contributed by atoms with Crippen LogP contribution >= 0.6 is 0 Å². The molecule has 32 heavy (non-hydrogen) atoms. The monoisotopic (exact) mass is 437 g/mol. The lowest BCUT2D eigenvalue weighted by Crippen LogP contribution is -2.42. The molecule has 2 aromatic carbocycles. The van der Waals surface area contributed by atoms with Gasteiger partial charge in [-0.1, -0.05) is 18.2 Å². The fourth-order valence-corrected chi connectivity index (χ4v) is 3.39. The minimum absolute atomic E-state index is 0.0368. The molecular formula is C21H19N5O6. The number of nitrogens with zero attached hydrogens (tertiary/aromatic N) is 1. The van der Waals surface area contributed by atoms with Crippen LogP contribution in [0.1, 0.15) is 21.0 Å². The largest absolute Gasteiger partial charge is 0.496 e. The van der Waals surface area contributed by atoms with Crippen LogP contribution in [-0.4, -0.2) is 48.3 Å². The molecule has 164 valence electrons. The van der Waals surface area contributed by atoms with Gasteiger partial charge in [-0.15, -0.1) is 0 Å². The van der Waals surface area contributed by atoms with Crippen molar-refractivity contribution in [3.05, 3.63) is 58.1 Å². The van der Waals surface area contributed by atoms with E-state index in [9.17, 15) is 14.4 Å². The molecule has 0 unspecified atom stereocenters. The van der Waals surface area contributed by atoms with Gasteiger partial charge in [-0.05, 0) is 12.1 Å². The van der Waals surface area contributed by atoms with Gasteiger partial charge in [-0.2, -0.15) is 5.10 Å². The highest BCUT2D eigenvalue weighted by molar-refractivity contribution is 6.07. The molecule has 0 saturated carbocycles. The van der Waals surface area contributed by atoms with E-state index in [2.05, 4.69) is 26.0 Å². The summed E-state index contributed by atoms with van der Waals surface area (Å²) in [7, 11) is 4.46. The predicted molar refractivity (Wildman–Crippen MR) is 115 cm³/mol. The SMILES string of the molecule is COc1cc(OC)c2cc(C(=O)NNC(=O)c3n[nH]c(=O)c4ccccc34)[nH]c2c1OC. The van der Waals surface area contributed by atoms with Crippen molar-refractivity contribution in [3.8, 4) is 17.2 Å². The summed E-state index contributed by atoms with van der Waals surface area (Å²) in [6.07, 6.45) is 0. The summed E-state index contributed by atoms with van der Waals surface area (Å²) in [5.74, 6) is -0.0173. The van der Waals surface area contributed by atoms with E-state index in [0.29, 0.717) is 38.9 Å². The van der Waals surface area contributed by atoms with Crippen molar-refractivity contribution < 1.29 is 23.8 Å². The quantitative estimate of drug-likeness (QED) is 0.346. The molecule has 0 bridgehead atoms. The molecule has 0 spiro atoms. The van der Waals surface area contributed by atoms with E-state index in [-0.39, 0.29) is 11.4 Å². The Morgan fingerprint density at radius 3 is 2.25 bits per heavy atom. The average molecular weight is 437 g/mol. The lowest BCUT2D eigenvalue weighted by Gasteiger charge is -2.11. The van der Waals surface area contributed by atoms with Crippen molar-refractivity contribution in [2.75, 3.05) is 21.3 Å². The zero-order valence-electron chi connectivity index (χ0n) is 17.4. The number of ether oxygens (including phenoxy) is 3. The molecule has 0 radical (unpaired) electrons. The summed E-state index contributed by atoms with van der Waals surface area (Å²) in [4.78, 5) is 40.1. The molecule has 0 saturated heterocycles. The van der Waals surface area contributed by atoms with Gasteiger partial charge in [0.05, 0.1) is 32.2 Å². The van der Waals surface area contributed by atoms with Crippen molar-refractivity contribution in [3.63, 3.8) is 0 Å². The molecule has 0 fully saturated rings. The number of hydrogen-bond acceptors (Lipinski definition) is 7. The van der Waals surface area contributed by atoms with E-state index in [1.165, 1.54) is 21.3 Å². The molecule has 4 aromatic rings. The Labute approximate surface area is 180 Å². The highest BCUT2D eigenvalue weighted by Crippen LogP contribution is 2.41. The van der Waals surface area contributed by atoms with Gasteiger partial charge in [0, 0.05) is 16.8 Å². The van der Waals surface area contributed by atoms with Crippen LogP contribution < -0.4 is 30.6 Å². The van der Waals surface area contributed by atoms with Crippen LogP contribution in [0.2, 0.25) is 0 Å². The second-order valence-electron chi connectivity index (χ2n) is 6.64. The fourth-order valence-electron chi connectivity index (χ4n) is 3.39. The van der Waals surface area contributed by atoms with Gasteiger partial charge >= 0.3 is 0 Å². The van der Waals surface area contributed by atoms with Crippen molar-refractivity contribution in [2.45, 2.75) is 0 Å². The van der Waals surface area contributed by atoms with Crippen LogP contribution in [0.5, 0.6) is 17.2 Å². The van der Waals surface area contributed by atoms with E-state index >= 15 is 0 Å². The maximum Gasteiger partial charge on any atom is 0.290 e. The first kappa shape index (κ1) is 20.7. The van der Waals surface area contributed by atoms with Crippen molar-refractivity contribution in [1.82, 2.24) is 26.0 Å². The van der Waals surface area contributed by atoms with Crippen LogP contribution in [0.25, 0.3) is 21.7 Å². The lowest BCUT2D eigenvalue weighted by molar-refractivity contribution is 0.0842. The third kappa shape index (κ3) is 3.45. The first-order valence-electron chi connectivity index (χ1n) is 9.38. The first-order valence-corrected chi connectivity index (χ1v) is 9.38. The van der Waals surface area contributed by atoms with Crippen LogP contribution in [0, 0.1) is 0 Å². The van der Waals surface area contributed by atoms with E-state index in [1.807, 2.05) is 0 Å². The minimum atomic E-state index is -0.696. The molecule has 11 nitrogen and oxygen atoms in total. The van der Waals surface area contributed by atoms with Gasteiger partial charge in [-0.25, -0.2) is 5.10 Å². The van der Waals surface area contributed by atoms with Crippen LogP contribution in [-0.2, 0) is 0 Å². The lowest BCUT2D eigenvalue weighted by atomic mass is 10.1. The van der Waals surface area contributed by atoms with E-state index in [4.69, 9.17) is 14.2 Å². The topological polar surface area (TPSA) is 147 Å². The number of carbonyl (C=O) groups is 2. The number of benzene rings is 2. The highest BCUT2D eigenvalue weighted by atomic mass is 16.5. The number of carbonyl (C=O) groups excluding carboxylic acids is 2. The second-order valence-corrected chi connectivity index (χ2v) is 6.64. The number of rotatable bonds is 5. The Balaban J connectivity index is 1.60. The Bertz CT molecular complexity index is 1410. The van der Waals surface area contributed by atoms with Crippen LogP contribution in [0.4, 0.5) is 0 Å². The molecule has 0 aliphatic carbocycles. The second kappa shape index (κ2) is 8.30. The molecule has 2 heterocycles. The number of amides is 2. The summed E-state index contributed by atoms with van der Waals surface area (Å²) in [6, 6.07) is 9.73. The number of nitrogens with one attached hydrogen (secondary N) is 4. The normalized spacial score (nSPS) is 10.7. The summed E-state index contributed by atoms with van der Waals surface area (Å²) in [6.45, 7) is 0. The van der Waals surface area contributed by atoms with Gasteiger partial charge in [0.2, 0.25) is 0 Å². The number of fused-ring (bicyclic) bond motifs is 2. The van der Waals surface area contributed by atoms with Crippen molar-refractivity contribution in [2.24, 2.45) is 0 Å². The van der Waals surface area contributed by atoms with Crippen LogP contribution in [0.3, 0.4) is 0 Å². The van der Waals surface area contributed by atoms with Gasteiger partial charge in [0.15, 0.2) is 17.2 Å². The number of hydrogen-bond donors (Lipinski definition) is 4. The first-order chi connectivity index (χ1) is 15.5. The average Bonchev–Trinajstić information content (AvgIpc) is 3.27. The van der Waals surface area contributed by atoms with E-state index < -0.39 is 17.4 Å². The molecule has 0 aliphatic rings. The van der Waals surface area contributed by atoms with Gasteiger partial charge in [0.25, 0.3) is 17.4 Å². The Hall–Kier alpha value is -4.54. The maximum atomic E-state index is 12.7. The number of aromatic nitrogens is 3. The predicted octanol–water partition coefficient (Wildman–Crippen LogP) is 1.50. The Morgan fingerprint density at radius 2 is 1.56 bits per heavy atom. The number of hydrazine groups is 1. The van der Waals surface area contributed by atoms with E-state index in [0.717, 1.165) is 0 Å². The summed E-state index contributed by atoms with van der Waals surface area (Å²) < 4.78 is 16.1. The standard InChI is InChI=1S/C21H19N5O6/c1-30-14-9-15(31-2)18(32-3)16-12(14)8-13(22-16)20(28)25-26-21(29)17-10-6-4-5-7-11(10)19(27)24-23-17/h4-9,22H,1-3H3,(H,24,27)(H,25,28)(H,26,29). The van der Waals surface area contributed by atoms with Gasteiger partial charge in [0.1, 0.15) is 11.4 Å². The summed E-state index contributed by atoms with van der Waals surface area (Å²) >= 11 is 0. The summed E-state index contributed by atoms with van der Waals surface area (Å²) in [5, 5.41) is 7.33. The molecule has 4 N–H and O–H groups in total.